The molecule has 0 aromatic heterocycles. The van der Waals surface area contributed by atoms with Crippen LogP contribution in [0.3, 0.4) is 0 Å². The van der Waals surface area contributed by atoms with Crippen LogP contribution >= 0.6 is 0 Å². The topological polar surface area (TPSA) is 69.4 Å². The summed E-state index contributed by atoms with van der Waals surface area (Å²) in [4.78, 5) is 0.185. The van der Waals surface area contributed by atoms with Gasteiger partial charge in [-0.1, -0.05) is 30.3 Å². The van der Waals surface area contributed by atoms with Crippen LogP contribution in [0.5, 0.6) is 5.75 Å². The fraction of sp³-hybridized carbons (Fsp3) is 0.200. The summed E-state index contributed by atoms with van der Waals surface area (Å²) in [6, 6.07) is 14.1. The molecule has 0 atom stereocenters. The molecule has 2 N–H and O–H groups in total. The molecule has 0 heterocycles. The second kappa shape index (κ2) is 5.96. The van der Waals surface area contributed by atoms with E-state index < -0.39 is 9.84 Å². The molecule has 0 bridgehead atoms. The quantitative estimate of drug-likeness (QED) is 0.858. The molecule has 2 rings (SSSR count). The summed E-state index contributed by atoms with van der Waals surface area (Å²) >= 11 is 0. The van der Waals surface area contributed by atoms with E-state index >= 15 is 0 Å². The highest BCUT2D eigenvalue weighted by Crippen LogP contribution is 2.27. The minimum absolute atomic E-state index is 0.0390. The van der Waals surface area contributed by atoms with Gasteiger partial charge in [-0.2, -0.15) is 0 Å². The molecule has 0 radical (unpaired) electrons. The highest BCUT2D eigenvalue weighted by Gasteiger charge is 2.19. The van der Waals surface area contributed by atoms with Gasteiger partial charge in [-0.3, -0.25) is 0 Å². The summed E-state index contributed by atoms with van der Waals surface area (Å²) < 4.78 is 29.9. The number of ether oxygens (including phenoxy) is 1. The Hall–Kier alpha value is -2.01. The van der Waals surface area contributed by atoms with Crippen LogP contribution in [0, 0.1) is 0 Å². The zero-order valence-corrected chi connectivity index (χ0v) is 12.1. The lowest BCUT2D eigenvalue weighted by molar-refractivity contribution is 0.403. The van der Waals surface area contributed by atoms with Gasteiger partial charge in [0.05, 0.1) is 12.9 Å². The summed E-state index contributed by atoms with van der Waals surface area (Å²) in [5.41, 5.74) is 7.10. The largest absolute Gasteiger partial charge is 0.495 e. The van der Waals surface area contributed by atoms with E-state index in [1.165, 1.54) is 19.2 Å². The molecule has 106 valence electrons. The Morgan fingerprint density at radius 1 is 1.10 bits per heavy atom. The fourth-order valence-electron chi connectivity index (χ4n) is 1.95. The third-order valence-electron chi connectivity index (χ3n) is 3.03. The predicted molar refractivity (Wildman–Crippen MR) is 79.6 cm³/mol. The van der Waals surface area contributed by atoms with E-state index in [0.29, 0.717) is 12.1 Å². The molecule has 20 heavy (non-hydrogen) atoms. The molecule has 0 fully saturated rings. The third kappa shape index (κ3) is 3.30. The van der Waals surface area contributed by atoms with Crippen LogP contribution in [0.4, 0.5) is 5.69 Å². The van der Waals surface area contributed by atoms with Crippen molar-refractivity contribution in [2.24, 2.45) is 0 Å². The van der Waals surface area contributed by atoms with Crippen LogP contribution in [0.15, 0.2) is 53.4 Å². The first-order chi connectivity index (χ1) is 9.53. The van der Waals surface area contributed by atoms with Crippen molar-refractivity contribution >= 4 is 15.5 Å². The van der Waals surface area contributed by atoms with E-state index in [4.69, 9.17) is 10.5 Å². The molecule has 0 aliphatic carbocycles. The van der Waals surface area contributed by atoms with Gasteiger partial charge in [0.15, 0.2) is 9.84 Å². The first-order valence-electron chi connectivity index (χ1n) is 6.23. The lowest BCUT2D eigenvalue weighted by atomic mass is 10.2. The van der Waals surface area contributed by atoms with Gasteiger partial charge in [0.2, 0.25) is 0 Å². The highest BCUT2D eigenvalue weighted by atomic mass is 32.2. The van der Waals surface area contributed by atoms with Crippen LogP contribution in [-0.2, 0) is 16.3 Å². The number of nitrogens with two attached hydrogens (primary N) is 1. The average molecular weight is 291 g/mol. The maximum absolute atomic E-state index is 12.4. The van der Waals surface area contributed by atoms with Crippen molar-refractivity contribution in [2.75, 3.05) is 18.6 Å². The van der Waals surface area contributed by atoms with Gasteiger partial charge in [0.1, 0.15) is 10.6 Å². The van der Waals surface area contributed by atoms with Gasteiger partial charge in [0, 0.05) is 11.8 Å². The van der Waals surface area contributed by atoms with E-state index in [-0.39, 0.29) is 16.4 Å². The number of hydrogen-bond acceptors (Lipinski definition) is 4. The molecule has 0 aliphatic heterocycles. The number of methoxy groups -OCH3 is 1. The van der Waals surface area contributed by atoms with E-state index in [9.17, 15) is 8.42 Å². The first kappa shape index (κ1) is 14.4. The van der Waals surface area contributed by atoms with Crippen molar-refractivity contribution in [2.45, 2.75) is 11.3 Å². The number of rotatable bonds is 5. The fourth-order valence-corrected chi connectivity index (χ4v) is 3.40. The number of hydrogen-bond donors (Lipinski definition) is 1. The third-order valence-corrected chi connectivity index (χ3v) is 4.77. The van der Waals surface area contributed by atoms with Crippen LogP contribution in [0.25, 0.3) is 0 Å². The highest BCUT2D eigenvalue weighted by molar-refractivity contribution is 7.91. The van der Waals surface area contributed by atoms with Crippen molar-refractivity contribution in [1.82, 2.24) is 0 Å². The minimum atomic E-state index is -3.40. The standard InChI is InChI=1S/C15H17NO3S/c1-19-14-11-13(16)7-8-15(14)20(17,18)10-9-12-5-3-2-4-6-12/h2-8,11H,9-10,16H2,1H3. The molecule has 5 heteroatoms. The lowest BCUT2D eigenvalue weighted by Gasteiger charge is -2.10. The number of aryl methyl sites for hydroxylation is 1. The zero-order chi connectivity index (χ0) is 14.6. The lowest BCUT2D eigenvalue weighted by Crippen LogP contribution is -2.11. The molecule has 2 aromatic rings. The summed E-state index contributed by atoms with van der Waals surface area (Å²) in [5.74, 6) is 0.329. The van der Waals surface area contributed by atoms with Gasteiger partial charge in [-0.05, 0) is 24.1 Å². The predicted octanol–water partition coefficient (Wildman–Crippen LogP) is 2.29. The Morgan fingerprint density at radius 3 is 2.45 bits per heavy atom. The molecule has 2 aromatic carbocycles. The monoisotopic (exact) mass is 291 g/mol. The molecule has 4 nitrogen and oxygen atoms in total. The summed E-state index contributed by atoms with van der Waals surface area (Å²) in [5, 5.41) is 0. The Bertz CT molecular complexity index is 682. The van der Waals surface area contributed by atoms with Gasteiger partial charge in [-0.15, -0.1) is 0 Å². The smallest absolute Gasteiger partial charge is 0.182 e. The average Bonchev–Trinajstić information content (AvgIpc) is 2.46. The number of nitrogen functional groups attached to an aromatic ring is 1. The van der Waals surface area contributed by atoms with E-state index in [1.54, 1.807) is 6.07 Å². The van der Waals surface area contributed by atoms with E-state index in [0.717, 1.165) is 5.56 Å². The summed E-state index contributed by atoms with van der Waals surface area (Å²) in [6.45, 7) is 0. The normalized spacial score (nSPS) is 11.2. The van der Waals surface area contributed by atoms with Crippen molar-refractivity contribution < 1.29 is 13.2 Å². The molecule has 0 amide bonds. The maximum Gasteiger partial charge on any atom is 0.182 e. The van der Waals surface area contributed by atoms with Crippen LogP contribution < -0.4 is 10.5 Å². The number of benzene rings is 2. The zero-order valence-electron chi connectivity index (χ0n) is 11.2. The van der Waals surface area contributed by atoms with Crippen molar-refractivity contribution in [1.29, 1.82) is 0 Å². The molecule has 0 spiro atoms. The summed E-state index contributed by atoms with van der Waals surface area (Å²) in [6.07, 6.45) is 0.469. The molecule has 0 unspecified atom stereocenters. The van der Waals surface area contributed by atoms with E-state index in [1.807, 2.05) is 30.3 Å². The van der Waals surface area contributed by atoms with Gasteiger partial charge in [-0.25, -0.2) is 8.42 Å². The maximum atomic E-state index is 12.4. The van der Waals surface area contributed by atoms with Crippen LogP contribution in [0.2, 0.25) is 0 Å². The Labute approximate surface area is 119 Å². The van der Waals surface area contributed by atoms with Gasteiger partial charge >= 0.3 is 0 Å². The molecule has 0 aliphatic rings. The summed E-state index contributed by atoms with van der Waals surface area (Å²) in [7, 11) is -1.96. The molecular formula is C15H17NO3S. The van der Waals surface area contributed by atoms with Crippen molar-refractivity contribution in [3.63, 3.8) is 0 Å². The van der Waals surface area contributed by atoms with Crippen molar-refractivity contribution in [3.05, 3.63) is 54.1 Å². The SMILES string of the molecule is COc1cc(N)ccc1S(=O)(=O)CCc1ccccc1. The van der Waals surface area contributed by atoms with Gasteiger partial charge in [0.25, 0.3) is 0 Å². The second-order valence-corrected chi connectivity index (χ2v) is 6.54. The number of sulfone groups is 1. The Morgan fingerprint density at radius 2 is 1.80 bits per heavy atom. The van der Waals surface area contributed by atoms with Gasteiger partial charge < -0.3 is 10.5 Å². The first-order valence-corrected chi connectivity index (χ1v) is 7.88. The molecule has 0 saturated heterocycles. The van der Waals surface area contributed by atoms with Crippen molar-refractivity contribution in [3.8, 4) is 5.75 Å². The molecular weight excluding hydrogens is 274 g/mol. The van der Waals surface area contributed by atoms with E-state index in [2.05, 4.69) is 0 Å². The Balaban J connectivity index is 2.22. The molecule has 0 saturated carbocycles. The minimum Gasteiger partial charge on any atom is -0.495 e. The second-order valence-electron chi connectivity index (χ2n) is 4.46. The van der Waals surface area contributed by atoms with Crippen LogP contribution in [-0.4, -0.2) is 21.3 Å². The van der Waals surface area contributed by atoms with Crippen LogP contribution in [0.1, 0.15) is 5.56 Å². The Kier molecular flexibility index (Phi) is 4.29. The number of anilines is 1.